The van der Waals surface area contributed by atoms with Crippen LogP contribution in [0, 0.1) is 5.92 Å². The summed E-state index contributed by atoms with van der Waals surface area (Å²) in [5, 5.41) is 2.97. The summed E-state index contributed by atoms with van der Waals surface area (Å²) in [7, 11) is 1.35. The Morgan fingerprint density at radius 1 is 1.13 bits per heavy atom. The summed E-state index contributed by atoms with van der Waals surface area (Å²) in [6, 6.07) is 10.6. The second kappa shape index (κ2) is 11.7. The average Bonchev–Trinajstić information content (AvgIpc) is 3.59. The van der Waals surface area contributed by atoms with Gasteiger partial charge in [0.25, 0.3) is 5.91 Å². The van der Waals surface area contributed by atoms with E-state index in [1.165, 1.54) is 18.4 Å². The molecule has 2 amide bonds. The van der Waals surface area contributed by atoms with E-state index < -0.39 is 6.04 Å². The number of ether oxygens (including phenoxy) is 1. The van der Waals surface area contributed by atoms with E-state index in [-0.39, 0.29) is 35.7 Å². The Kier molecular flexibility index (Phi) is 8.62. The molecule has 10 heteroatoms. The summed E-state index contributed by atoms with van der Waals surface area (Å²) in [5.41, 5.74) is 1.66. The number of carbonyl (C=O) groups is 3. The number of benzene rings is 1. The molecular weight excluding hydrogens is 568 g/mol. The molecule has 2 aromatic heterocycles. The highest BCUT2D eigenvalue weighted by molar-refractivity contribution is 9.10. The lowest BCUT2D eigenvalue weighted by Gasteiger charge is -2.24. The molecule has 1 aromatic carbocycles. The highest BCUT2D eigenvalue weighted by Gasteiger charge is 2.35. The number of methoxy groups -OCH3 is 1. The van der Waals surface area contributed by atoms with E-state index in [9.17, 15) is 14.4 Å². The first kappa shape index (κ1) is 27.9. The molecule has 1 aliphatic heterocycles. The normalized spacial score (nSPS) is 16.2. The molecule has 2 atom stereocenters. The predicted molar refractivity (Wildman–Crippen MR) is 150 cm³/mol. The Balaban J connectivity index is 1.53. The van der Waals surface area contributed by atoms with Crippen LogP contribution in [0.15, 0.2) is 53.3 Å². The minimum Gasteiger partial charge on any atom is -0.469 e. The van der Waals surface area contributed by atoms with E-state index in [2.05, 4.69) is 52.0 Å². The van der Waals surface area contributed by atoms with Crippen LogP contribution in [0.1, 0.15) is 47.3 Å². The molecule has 0 bridgehead atoms. The number of amides is 2. The van der Waals surface area contributed by atoms with E-state index in [1.807, 2.05) is 30.3 Å². The lowest BCUT2D eigenvalue weighted by molar-refractivity contribution is -0.145. The topological polar surface area (TPSA) is 101 Å². The molecule has 3 heterocycles. The van der Waals surface area contributed by atoms with Gasteiger partial charge in [-0.15, -0.1) is 11.3 Å². The summed E-state index contributed by atoms with van der Waals surface area (Å²) in [6.45, 7) is 7.02. The van der Waals surface area contributed by atoms with Gasteiger partial charge in [-0.25, -0.2) is 9.97 Å². The Bertz CT molecular complexity index is 1300. The Hall–Kier alpha value is -3.11. The fourth-order valence-corrected chi connectivity index (χ4v) is 5.49. The SMILES string of the molecule is COC(=O)C1CCN(C(=O)[C@H](Cc2ccc(-c3ncc(Br)cn3)cc2)NC(=O)c2ccc(C(C)(C)C)s2)C1. The number of rotatable bonds is 7. The monoisotopic (exact) mass is 598 g/mol. The highest BCUT2D eigenvalue weighted by Crippen LogP contribution is 2.29. The lowest BCUT2D eigenvalue weighted by Crippen LogP contribution is -2.49. The third kappa shape index (κ3) is 6.66. The van der Waals surface area contributed by atoms with Gasteiger partial charge < -0.3 is 15.0 Å². The molecule has 0 saturated carbocycles. The summed E-state index contributed by atoms with van der Waals surface area (Å²) >= 11 is 4.77. The van der Waals surface area contributed by atoms with Crippen molar-refractivity contribution in [3.05, 3.63) is 68.6 Å². The Morgan fingerprint density at radius 2 is 1.82 bits per heavy atom. The van der Waals surface area contributed by atoms with Gasteiger partial charge in [-0.05, 0) is 45.5 Å². The van der Waals surface area contributed by atoms with Crippen molar-refractivity contribution in [3.8, 4) is 11.4 Å². The first-order chi connectivity index (χ1) is 18.0. The summed E-state index contributed by atoms with van der Waals surface area (Å²) < 4.78 is 5.66. The molecular formula is C28H31BrN4O4S. The Morgan fingerprint density at radius 3 is 2.42 bits per heavy atom. The van der Waals surface area contributed by atoms with Crippen molar-refractivity contribution in [3.63, 3.8) is 0 Å². The fourth-order valence-electron chi connectivity index (χ4n) is 4.32. The zero-order chi connectivity index (χ0) is 27.4. The molecule has 0 radical (unpaired) electrons. The number of likely N-dealkylation sites (tertiary alicyclic amines) is 1. The zero-order valence-corrected chi connectivity index (χ0v) is 24.3. The van der Waals surface area contributed by atoms with Gasteiger partial charge in [0.05, 0.1) is 22.4 Å². The van der Waals surface area contributed by atoms with E-state index in [0.29, 0.717) is 30.1 Å². The van der Waals surface area contributed by atoms with Crippen LogP contribution >= 0.6 is 27.3 Å². The molecule has 1 unspecified atom stereocenters. The number of aromatic nitrogens is 2. The number of hydrogen-bond acceptors (Lipinski definition) is 7. The maximum atomic E-state index is 13.6. The van der Waals surface area contributed by atoms with Crippen molar-refractivity contribution in [2.24, 2.45) is 5.92 Å². The highest BCUT2D eigenvalue weighted by atomic mass is 79.9. The molecule has 0 spiro atoms. The molecule has 4 rings (SSSR count). The van der Waals surface area contributed by atoms with Crippen molar-refractivity contribution in [2.75, 3.05) is 20.2 Å². The smallest absolute Gasteiger partial charge is 0.310 e. The van der Waals surface area contributed by atoms with Crippen LogP contribution < -0.4 is 5.32 Å². The summed E-state index contributed by atoms with van der Waals surface area (Å²) in [5.74, 6) is -0.568. The van der Waals surface area contributed by atoms with E-state index in [4.69, 9.17) is 4.74 Å². The van der Waals surface area contributed by atoms with Crippen molar-refractivity contribution in [1.29, 1.82) is 0 Å². The van der Waals surface area contributed by atoms with Gasteiger partial charge >= 0.3 is 5.97 Å². The number of hydrogen-bond donors (Lipinski definition) is 1. The quantitative estimate of drug-likeness (QED) is 0.398. The van der Waals surface area contributed by atoms with E-state index in [0.717, 1.165) is 20.5 Å². The summed E-state index contributed by atoms with van der Waals surface area (Å²) in [6.07, 6.45) is 4.23. The molecule has 1 aliphatic rings. The van der Waals surface area contributed by atoms with Gasteiger partial charge in [0, 0.05) is 42.3 Å². The fraction of sp³-hybridized carbons (Fsp3) is 0.393. The molecule has 8 nitrogen and oxygen atoms in total. The zero-order valence-electron chi connectivity index (χ0n) is 21.9. The van der Waals surface area contributed by atoms with Crippen LogP contribution in [0.5, 0.6) is 0 Å². The van der Waals surface area contributed by atoms with E-state index in [1.54, 1.807) is 23.4 Å². The predicted octanol–water partition coefficient (Wildman–Crippen LogP) is 4.63. The van der Waals surface area contributed by atoms with Crippen LogP contribution in [0.25, 0.3) is 11.4 Å². The second-order valence-electron chi connectivity index (χ2n) is 10.4. The third-order valence-corrected chi connectivity index (χ3v) is 8.40. The molecule has 1 N–H and O–H groups in total. The van der Waals surface area contributed by atoms with Crippen molar-refractivity contribution < 1.29 is 19.1 Å². The second-order valence-corrected chi connectivity index (χ2v) is 12.4. The number of esters is 1. The van der Waals surface area contributed by atoms with Gasteiger partial charge in [-0.1, -0.05) is 45.0 Å². The van der Waals surface area contributed by atoms with Gasteiger partial charge in [-0.3, -0.25) is 14.4 Å². The maximum Gasteiger partial charge on any atom is 0.310 e. The average molecular weight is 600 g/mol. The molecule has 0 aliphatic carbocycles. The Labute approximate surface area is 235 Å². The molecule has 38 heavy (non-hydrogen) atoms. The minimum absolute atomic E-state index is 0.0723. The standard InChI is InChI=1S/C28H31BrN4O4S/c1-28(2,3)23-10-9-22(38-23)25(34)32-21(26(35)33-12-11-19(16-33)27(36)37-4)13-17-5-7-18(8-6-17)24-30-14-20(29)15-31-24/h5-10,14-15,19,21H,11-13,16H2,1-4H3,(H,32,34)/t19?,21-/m0/s1. The van der Waals surface area contributed by atoms with Crippen LogP contribution in [-0.4, -0.2) is 58.9 Å². The largest absolute Gasteiger partial charge is 0.469 e. The van der Waals surface area contributed by atoms with Gasteiger partial charge in [0.1, 0.15) is 6.04 Å². The lowest BCUT2D eigenvalue weighted by atomic mass is 9.95. The first-order valence-corrected chi connectivity index (χ1v) is 14.0. The van der Waals surface area contributed by atoms with Crippen LogP contribution in [0.4, 0.5) is 0 Å². The molecule has 3 aromatic rings. The van der Waals surface area contributed by atoms with E-state index >= 15 is 0 Å². The minimum atomic E-state index is -0.783. The summed E-state index contributed by atoms with van der Waals surface area (Å²) in [4.78, 5) is 50.8. The molecule has 200 valence electrons. The maximum absolute atomic E-state index is 13.6. The van der Waals surface area contributed by atoms with Crippen LogP contribution in [-0.2, 0) is 26.2 Å². The van der Waals surface area contributed by atoms with Crippen LogP contribution in [0.3, 0.4) is 0 Å². The number of carbonyl (C=O) groups excluding carboxylic acids is 3. The number of thiophene rings is 1. The van der Waals surface area contributed by atoms with Gasteiger partial charge in [-0.2, -0.15) is 0 Å². The number of nitrogens with zero attached hydrogens (tertiary/aromatic N) is 3. The van der Waals surface area contributed by atoms with Crippen molar-refractivity contribution in [1.82, 2.24) is 20.2 Å². The number of nitrogens with one attached hydrogen (secondary N) is 1. The van der Waals surface area contributed by atoms with Crippen molar-refractivity contribution in [2.45, 2.75) is 45.1 Å². The van der Waals surface area contributed by atoms with Crippen molar-refractivity contribution >= 4 is 45.1 Å². The first-order valence-electron chi connectivity index (χ1n) is 12.4. The van der Waals surface area contributed by atoms with Crippen LogP contribution in [0.2, 0.25) is 0 Å². The molecule has 1 saturated heterocycles. The molecule has 1 fully saturated rings. The number of halogens is 1. The van der Waals surface area contributed by atoms with Gasteiger partial charge in [0.15, 0.2) is 5.82 Å². The van der Waals surface area contributed by atoms with Gasteiger partial charge in [0.2, 0.25) is 5.91 Å². The third-order valence-electron chi connectivity index (χ3n) is 6.48.